The molecule has 120 valence electrons. The number of carbonyl (C=O) groups excluding carboxylic acids is 1. The highest BCUT2D eigenvalue weighted by Gasteiger charge is 2.14. The van der Waals surface area contributed by atoms with Crippen molar-refractivity contribution in [1.82, 2.24) is 0 Å². The summed E-state index contributed by atoms with van der Waals surface area (Å²) in [5.74, 6) is -0.0605. The molecule has 0 atom stereocenters. The standard InChI is InChI=1S/C16H15FN2O3S/c1-11-14(7-4-8-15(11)19(21)22)18-16(20)10-23-9-12-5-2-3-6-13(12)17/h2-8H,9-10H2,1H3,(H,18,20). The smallest absolute Gasteiger partial charge is 0.274 e. The van der Waals surface area contributed by atoms with Crippen molar-refractivity contribution in [2.24, 2.45) is 0 Å². The zero-order chi connectivity index (χ0) is 16.8. The maximum absolute atomic E-state index is 13.5. The molecule has 0 aliphatic heterocycles. The summed E-state index contributed by atoms with van der Waals surface area (Å²) in [4.78, 5) is 22.3. The van der Waals surface area contributed by atoms with Gasteiger partial charge in [0.05, 0.1) is 21.9 Å². The van der Waals surface area contributed by atoms with Crippen molar-refractivity contribution in [2.75, 3.05) is 11.1 Å². The topological polar surface area (TPSA) is 72.2 Å². The van der Waals surface area contributed by atoms with Crippen LogP contribution in [0, 0.1) is 22.9 Å². The monoisotopic (exact) mass is 334 g/mol. The molecule has 2 rings (SSSR count). The second-order valence-corrected chi connectivity index (χ2v) is 5.82. The molecular formula is C16H15FN2O3S. The molecule has 2 aromatic rings. The normalized spacial score (nSPS) is 10.3. The molecule has 5 nitrogen and oxygen atoms in total. The Morgan fingerprint density at radius 2 is 2.00 bits per heavy atom. The SMILES string of the molecule is Cc1c(NC(=O)CSCc2ccccc2F)cccc1[N+](=O)[O-]. The molecule has 0 heterocycles. The Bertz CT molecular complexity index is 737. The maximum atomic E-state index is 13.5. The van der Waals surface area contributed by atoms with Gasteiger partial charge in [-0.3, -0.25) is 14.9 Å². The van der Waals surface area contributed by atoms with E-state index in [1.807, 2.05) is 0 Å². The molecule has 0 saturated heterocycles. The molecular weight excluding hydrogens is 319 g/mol. The van der Waals surface area contributed by atoms with Gasteiger partial charge in [-0.15, -0.1) is 11.8 Å². The molecule has 2 aromatic carbocycles. The number of benzene rings is 2. The molecule has 0 aromatic heterocycles. The largest absolute Gasteiger partial charge is 0.325 e. The summed E-state index contributed by atoms with van der Waals surface area (Å²) in [6.07, 6.45) is 0. The van der Waals surface area contributed by atoms with Gasteiger partial charge >= 0.3 is 0 Å². The van der Waals surface area contributed by atoms with Crippen molar-refractivity contribution in [2.45, 2.75) is 12.7 Å². The Labute approximate surface area is 137 Å². The lowest BCUT2D eigenvalue weighted by molar-refractivity contribution is -0.385. The molecule has 0 spiro atoms. The molecule has 0 fully saturated rings. The highest BCUT2D eigenvalue weighted by Crippen LogP contribution is 2.25. The first-order valence-corrected chi connectivity index (χ1v) is 7.99. The fourth-order valence-electron chi connectivity index (χ4n) is 2.01. The number of nitro benzene ring substituents is 1. The molecule has 0 aliphatic rings. The van der Waals surface area contributed by atoms with Crippen molar-refractivity contribution in [3.8, 4) is 0 Å². The first-order valence-electron chi connectivity index (χ1n) is 6.84. The van der Waals surface area contributed by atoms with E-state index >= 15 is 0 Å². The minimum atomic E-state index is -0.488. The highest BCUT2D eigenvalue weighted by molar-refractivity contribution is 7.99. The van der Waals surface area contributed by atoms with Crippen LogP contribution < -0.4 is 5.32 Å². The third-order valence-corrected chi connectivity index (χ3v) is 4.21. The van der Waals surface area contributed by atoms with Crippen LogP contribution in [-0.2, 0) is 10.5 Å². The van der Waals surface area contributed by atoms with E-state index in [1.54, 1.807) is 31.2 Å². The van der Waals surface area contributed by atoms with E-state index in [4.69, 9.17) is 0 Å². The Hall–Kier alpha value is -2.41. The fourth-order valence-corrected chi connectivity index (χ4v) is 2.83. The van der Waals surface area contributed by atoms with Crippen molar-refractivity contribution < 1.29 is 14.1 Å². The Kier molecular flexibility index (Phi) is 5.70. The molecule has 7 heteroatoms. The molecule has 1 amide bonds. The molecule has 1 N–H and O–H groups in total. The minimum Gasteiger partial charge on any atom is -0.325 e. The van der Waals surface area contributed by atoms with Crippen LogP contribution in [0.25, 0.3) is 0 Å². The third-order valence-electron chi connectivity index (χ3n) is 3.22. The van der Waals surface area contributed by atoms with Gasteiger partial charge in [0.15, 0.2) is 0 Å². The summed E-state index contributed by atoms with van der Waals surface area (Å²) in [5, 5.41) is 13.5. The number of amides is 1. The second kappa shape index (κ2) is 7.73. The molecule has 0 aliphatic carbocycles. The predicted octanol–water partition coefficient (Wildman–Crippen LogP) is 3.91. The summed E-state index contributed by atoms with van der Waals surface area (Å²) in [5.41, 5.74) is 1.32. The van der Waals surface area contributed by atoms with Crippen molar-refractivity contribution >= 4 is 29.0 Å². The van der Waals surface area contributed by atoms with Crippen molar-refractivity contribution in [3.63, 3.8) is 0 Å². The van der Waals surface area contributed by atoms with Crippen LogP contribution in [0.15, 0.2) is 42.5 Å². The number of nitro groups is 1. The summed E-state index contributed by atoms with van der Waals surface area (Å²) in [6, 6.07) is 10.9. The molecule has 23 heavy (non-hydrogen) atoms. The number of carbonyl (C=O) groups is 1. The lowest BCUT2D eigenvalue weighted by Crippen LogP contribution is -2.15. The number of thioether (sulfide) groups is 1. The van der Waals surface area contributed by atoms with Gasteiger partial charge in [-0.2, -0.15) is 0 Å². The number of anilines is 1. The van der Waals surface area contributed by atoms with Crippen LogP contribution in [0.5, 0.6) is 0 Å². The maximum Gasteiger partial charge on any atom is 0.274 e. The Morgan fingerprint density at radius 3 is 2.70 bits per heavy atom. The number of hydrogen-bond donors (Lipinski definition) is 1. The number of halogens is 1. The van der Waals surface area contributed by atoms with Crippen LogP contribution in [-0.4, -0.2) is 16.6 Å². The van der Waals surface area contributed by atoms with E-state index < -0.39 is 4.92 Å². The zero-order valence-corrected chi connectivity index (χ0v) is 13.2. The first kappa shape index (κ1) is 17.0. The Morgan fingerprint density at radius 1 is 1.26 bits per heavy atom. The predicted molar refractivity (Wildman–Crippen MR) is 89.0 cm³/mol. The second-order valence-electron chi connectivity index (χ2n) is 4.84. The molecule has 0 unspecified atom stereocenters. The average Bonchev–Trinajstić information content (AvgIpc) is 2.51. The molecule has 0 radical (unpaired) electrons. The average molecular weight is 334 g/mol. The summed E-state index contributed by atoms with van der Waals surface area (Å²) < 4.78 is 13.5. The van der Waals surface area contributed by atoms with E-state index in [0.717, 1.165) is 0 Å². The summed E-state index contributed by atoms with van der Waals surface area (Å²) >= 11 is 1.28. The van der Waals surface area contributed by atoms with Gasteiger partial charge in [-0.25, -0.2) is 4.39 Å². The van der Waals surface area contributed by atoms with Crippen molar-refractivity contribution in [3.05, 3.63) is 69.5 Å². The van der Waals surface area contributed by atoms with Gasteiger partial charge in [0.25, 0.3) is 5.69 Å². The van der Waals surface area contributed by atoms with Crippen molar-refractivity contribution in [1.29, 1.82) is 0 Å². The first-order chi connectivity index (χ1) is 11.0. The minimum absolute atomic E-state index is 0.0400. The van der Waals surface area contributed by atoms with Crippen LogP contribution in [0.2, 0.25) is 0 Å². The van der Waals surface area contributed by atoms with E-state index in [2.05, 4.69) is 5.32 Å². The fraction of sp³-hybridized carbons (Fsp3) is 0.188. The van der Waals surface area contributed by atoms with E-state index in [1.165, 1.54) is 30.0 Å². The Balaban J connectivity index is 1.92. The number of hydrogen-bond acceptors (Lipinski definition) is 4. The third kappa shape index (κ3) is 4.53. The number of rotatable bonds is 6. The van der Waals surface area contributed by atoms with Gasteiger partial charge in [0.2, 0.25) is 5.91 Å². The van der Waals surface area contributed by atoms with Gasteiger partial charge < -0.3 is 5.32 Å². The van der Waals surface area contributed by atoms with Crippen LogP contribution in [0.4, 0.5) is 15.8 Å². The summed E-state index contributed by atoms with van der Waals surface area (Å²) in [7, 11) is 0. The van der Waals surface area contributed by atoms with Crippen LogP contribution >= 0.6 is 11.8 Å². The van der Waals surface area contributed by atoms with E-state index in [9.17, 15) is 19.3 Å². The number of nitrogens with zero attached hydrogens (tertiary/aromatic N) is 1. The lowest BCUT2D eigenvalue weighted by Gasteiger charge is -2.08. The van der Waals surface area contributed by atoms with E-state index in [-0.39, 0.29) is 23.2 Å². The highest BCUT2D eigenvalue weighted by atomic mass is 32.2. The van der Waals surface area contributed by atoms with Gasteiger partial charge in [-0.05, 0) is 24.6 Å². The van der Waals surface area contributed by atoms with Crippen LogP contribution in [0.1, 0.15) is 11.1 Å². The molecule has 0 saturated carbocycles. The molecule has 0 bridgehead atoms. The summed E-state index contributed by atoms with van der Waals surface area (Å²) in [6.45, 7) is 1.58. The van der Waals surface area contributed by atoms with Crippen LogP contribution in [0.3, 0.4) is 0 Å². The van der Waals surface area contributed by atoms with E-state index in [0.29, 0.717) is 22.6 Å². The van der Waals surface area contributed by atoms with Gasteiger partial charge in [0, 0.05) is 11.8 Å². The van der Waals surface area contributed by atoms with Gasteiger partial charge in [-0.1, -0.05) is 24.3 Å². The quantitative estimate of drug-likeness (QED) is 0.642. The number of nitrogens with one attached hydrogen (secondary N) is 1. The lowest BCUT2D eigenvalue weighted by atomic mass is 10.1. The van der Waals surface area contributed by atoms with Gasteiger partial charge in [0.1, 0.15) is 5.82 Å². The zero-order valence-electron chi connectivity index (χ0n) is 12.4.